The van der Waals surface area contributed by atoms with E-state index < -0.39 is 0 Å². The van der Waals surface area contributed by atoms with E-state index in [1.165, 1.54) is 0 Å². The van der Waals surface area contributed by atoms with Crippen LogP contribution in [-0.4, -0.2) is 10.9 Å². The summed E-state index contributed by atoms with van der Waals surface area (Å²) >= 11 is 0. The number of amides is 1. The topological polar surface area (TPSA) is 42.0 Å². The second kappa shape index (κ2) is 5.96. The van der Waals surface area contributed by atoms with E-state index in [1.807, 2.05) is 49.5 Å². The zero-order valence-corrected chi connectivity index (χ0v) is 10.4. The van der Waals surface area contributed by atoms with Gasteiger partial charge >= 0.3 is 0 Å². The van der Waals surface area contributed by atoms with Crippen LogP contribution in [0, 0.1) is 0 Å². The molecule has 18 heavy (non-hydrogen) atoms. The fourth-order valence-electron chi connectivity index (χ4n) is 1.67. The molecule has 0 saturated carbocycles. The van der Waals surface area contributed by atoms with Gasteiger partial charge in [0.25, 0.3) is 0 Å². The smallest absolute Gasteiger partial charge is 0.219 e. The Morgan fingerprint density at radius 1 is 1.17 bits per heavy atom. The molecule has 3 heteroatoms. The fourth-order valence-corrected chi connectivity index (χ4v) is 1.67. The second-order valence-corrected chi connectivity index (χ2v) is 4.07. The maximum atomic E-state index is 11.2. The van der Waals surface area contributed by atoms with Crippen molar-refractivity contribution in [1.29, 1.82) is 0 Å². The second-order valence-electron chi connectivity index (χ2n) is 4.07. The largest absolute Gasteiger partial charge is 0.352 e. The first kappa shape index (κ1) is 12.3. The van der Waals surface area contributed by atoms with E-state index in [0.717, 1.165) is 16.7 Å². The summed E-state index contributed by atoms with van der Waals surface area (Å²) < 4.78 is 0. The van der Waals surface area contributed by atoms with Gasteiger partial charge in [-0.3, -0.25) is 9.78 Å². The van der Waals surface area contributed by atoms with Gasteiger partial charge in [0.05, 0.1) is 0 Å². The Bertz CT molecular complexity index is 506. The Kier molecular flexibility index (Phi) is 4.07. The Morgan fingerprint density at radius 2 is 1.94 bits per heavy atom. The van der Waals surface area contributed by atoms with Crippen molar-refractivity contribution in [3.8, 4) is 11.1 Å². The lowest BCUT2D eigenvalue weighted by Crippen LogP contribution is -2.21. The molecule has 0 unspecified atom stereocenters. The molecule has 0 fully saturated rings. The standard InChI is InChI=1S/C15H16N2O/c1-2-15(18)17-10-12-5-7-13(8-6-12)14-4-3-9-16-11-14/h3-9,11H,2,10H2,1H3,(H,17,18). The molecule has 0 aliphatic carbocycles. The van der Waals surface area contributed by atoms with Crippen molar-refractivity contribution in [2.45, 2.75) is 19.9 Å². The van der Waals surface area contributed by atoms with E-state index in [4.69, 9.17) is 0 Å². The van der Waals surface area contributed by atoms with E-state index in [-0.39, 0.29) is 5.91 Å². The highest BCUT2D eigenvalue weighted by Gasteiger charge is 1.99. The molecular formula is C15H16N2O. The maximum absolute atomic E-state index is 11.2. The Balaban J connectivity index is 2.04. The monoisotopic (exact) mass is 240 g/mol. The third-order valence-electron chi connectivity index (χ3n) is 2.76. The molecule has 1 aromatic carbocycles. The van der Waals surface area contributed by atoms with Gasteiger partial charge in [0, 0.05) is 25.4 Å². The summed E-state index contributed by atoms with van der Waals surface area (Å²) in [5.41, 5.74) is 3.33. The summed E-state index contributed by atoms with van der Waals surface area (Å²) in [4.78, 5) is 15.3. The van der Waals surface area contributed by atoms with Crippen LogP contribution in [0.25, 0.3) is 11.1 Å². The van der Waals surface area contributed by atoms with Gasteiger partial charge in [-0.15, -0.1) is 0 Å². The maximum Gasteiger partial charge on any atom is 0.219 e. The molecule has 3 nitrogen and oxygen atoms in total. The number of nitrogens with zero attached hydrogens (tertiary/aromatic N) is 1. The van der Waals surface area contributed by atoms with Crippen LogP contribution in [0.2, 0.25) is 0 Å². The number of pyridine rings is 1. The molecule has 92 valence electrons. The molecule has 0 spiro atoms. The van der Waals surface area contributed by atoms with Crippen LogP contribution in [0.1, 0.15) is 18.9 Å². The molecule has 0 aliphatic heterocycles. The molecule has 1 N–H and O–H groups in total. The Morgan fingerprint density at radius 3 is 2.56 bits per heavy atom. The minimum atomic E-state index is 0.0753. The van der Waals surface area contributed by atoms with Crippen molar-refractivity contribution in [2.75, 3.05) is 0 Å². The summed E-state index contributed by atoms with van der Waals surface area (Å²) in [5, 5.41) is 2.86. The quantitative estimate of drug-likeness (QED) is 0.892. The van der Waals surface area contributed by atoms with Crippen LogP contribution in [-0.2, 0) is 11.3 Å². The number of hydrogen-bond acceptors (Lipinski definition) is 2. The summed E-state index contributed by atoms with van der Waals surface area (Å²) in [6, 6.07) is 12.1. The molecule has 2 aromatic rings. The minimum Gasteiger partial charge on any atom is -0.352 e. The van der Waals surface area contributed by atoms with Crippen LogP contribution in [0.15, 0.2) is 48.8 Å². The third kappa shape index (κ3) is 3.17. The first-order valence-corrected chi connectivity index (χ1v) is 6.05. The average molecular weight is 240 g/mol. The van der Waals surface area contributed by atoms with Gasteiger partial charge in [0.1, 0.15) is 0 Å². The SMILES string of the molecule is CCC(=O)NCc1ccc(-c2cccnc2)cc1. The van der Waals surface area contributed by atoms with E-state index >= 15 is 0 Å². The highest BCUT2D eigenvalue weighted by atomic mass is 16.1. The number of rotatable bonds is 4. The third-order valence-corrected chi connectivity index (χ3v) is 2.76. The highest BCUT2D eigenvalue weighted by molar-refractivity contribution is 5.75. The van der Waals surface area contributed by atoms with Crippen LogP contribution >= 0.6 is 0 Å². The van der Waals surface area contributed by atoms with E-state index in [1.54, 1.807) is 6.20 Å². The molecule has 0 saturated heterocycles. The van der Waals surface area contributed by atoms with Gasteiger partial charge in [-0.2, -0.15) is 0 Å². The average Bonchev–Trinajstić information content (AvgIpc) is 2.46. The van der Waals surface area contributed by atoms with Crippen molar-refractivity contribution in [3.63, 3.8) is 0 Å². The van der Waals surface area contributed by atoms with E-state index in [2.05, 4.69) is 10.3 Å². The van der Waals surface area contributed by atoms with Crippen LogP contribution in [0.3, 0.4) is 0 Å². The lowest BCUT2D eigenvalue weighted by molar-refractivity contribution is -0.120. The van der Waals surface area contributed by atoms with E-state index in [0.29, 0.717) is 13.0 Å². The lowest BCUT2D eigenvalue weighted by Gasteiger charge is -2.05. The van der Waals surface area contributed by atoms with Crippen LogP contribution < -0.4 is 5.32 Å². The normalized spacial score (nSPS) is 10.1. The number of benzene rings is 1. The molecule has 0 radical (unpaired) electrons. The van der Waals surface area contributed by atoms with Gasteiger partial charge in [-0.25, -0.2) is 0 Å². The summed E-state index contributed by atoms with van der Waals surface area (Å²) in [6.45, 7) is 2.43. The van der Waals surface area contributed by atoms with E-state index in [9.17, 15) is 4.79 Å². The van der Waals surface area contributed by atoms with Gasteiger partial charge in [0.15, 0.2) is 0 Å². The van der Waals surface area contributed by atoms with Gasteiger partial charge in [-0.1, -0.05) is 37.3 Å². The molecular weight excluding hydrogens is 224 g/mol. The van der Waals surface area contributed by atoms with Crippen molar-refractivity contribution in [3.05, 3.63) is 54.4 Å². The van der Waals surface area contributed by atoms with Crippen molar-refractivity contribution in [1.82, 2.24) is 10.3 Å². The highest BCUT2D eigenvalue weighted by Crippen LogP contribution is 2.18. The molecule has 1 amide bonds. The van der Waals surface area contributed by atoms with Crippen molar-refractivity contribution in [2.24, 2.45) is 0 Å². The molecule has 2 rings (SSSR count). The Labute approximate surface area is 107 Å². The first-order chi connectivity index (χ1) is 8.79. The summed E-state index contributed by atoms with van der Waals surface area (Å²) in [7, 11) is 0. The van der Waals surface area contributed by atoms with Gasteiger partial charge in [0.2, 0.25) is 5.91 Å². The number of hydrogen-bond donors (Lipinski definition) is 1. The Hall–Kier alpha value is -2.16. The molecule has 0 bridgehead atoms. The van der Waals surface area contributed by atoms with Crippen LogP contribution in [0.4, 0.5) is 0 Å². The number of nitrogens with one attached hydrogen (secondary N) is 1. The zero-order valence-electron chi connectivity index (χ0n) is 10.4. The van der Waals surface area contributed by atoms with Crippen molar-refractivity contribution >= 4 is 5.91 Å². The predicted molar refractivity (Wildman–Crippen MR) is 71.8 cm³/mol. The molecule has 1 heterocycles. The predicted octanol–water partition coefficient (Wildman–Crippen LogP) is 2.77. The number of carbonyl (C=O) groups excluding carboxylic acids is 1. The summed E-state index contributed by atoms with van der Waals surface area (Å²) in [6.07, 6.45) is 4.12. The molecule has 0 aliphatic rings. The van der Waals surface area contributed by atoms with Gasteiger partial charge in [-0.05, 0) is 22.8 Å². The van der Waals surface area contributed by atoms with Gasteiger partial charge < -0.3 is 5.32 Å². The minimum absolute atomic E-state index is 0.0753. The lowest BCUT2D eigenvalue weighted by atomic mass is 10.1. The number of aromatic nitrogens is 1. The fraction of sp³-hybridized carbons (Fsp3) is 0.200. The molecule has 0 atom stereocenters. The van der Waals surface area contributed by atoms with Crippen LogP contribution in [0.5, 0.6) is 0 Å². The molecule has 1 aromatic heterocycles. The number of carbonyl (C=O) groups is 1. The summed E-state index contributed by atoms with van der Waals surface area (Å²) in [5.74, 6) is 0.0753. The van der Waals surface area contributed by atoms with Crippen molar-refractivity contribution < 1.29 is 4.79 Å². The zero-order chi connectivity index (χ0) is 12.8. The first-order valence-electron chi connectivity index (χ1n) is 6.05.